The van der Waals surface area contributed by atoms with Gasteiger partial charge < -0.3 is 29.4 Å². The number of carbonyl (C=O) groups is 1. The Labute approximate surface area is 210 Å². The van der Waals surface area contributed by atoms with Crippen LogP contribution in [0.25, 0.3) is 21.7 Å². The van der Waals surface area contributed by atoms with Crippen molar-refractivity contribution in [3.8, 4) is 17.2 Å². The minimum absolute atomic E-state index is 0.480. The van der Waals surface area contributed by atoms with Crippen molar-refractivity contribution in [1.29, 1.82) is 0 Å². The van der Waals surface area contributed by atoms with Crippen LogP contribution in [-0.2, 0) is 6.42 Å². The SMILES string of the molecule is CCl.CNc1cc2c(c3ccccc13)CCN2C.COc1cc2cc(C=O)[nH]c2c(OC)c1OC. The Balaban J connectivity index is 0.000000183. The number of carbonyl (C=O) groups excluding carboxylic acids is 1. The molecule has 0 atom stereocenters. The predicted molar refractivity (Wildman–Crippen MR) is 146 cm³/mol. The number of methoxy groups -OCH3 is 3. The fourth-order valence-electron chi connectivity index (χ4n) is 4.46. The van der Waals surface area contributed by atoms with Crippen LogP contribution in [0.3, 0.4) is 0 Å². The van der Waals surface area contributed by atoms with Crippen LogP contribution in [0, 0.1) is 0 Å². The lowest BCUT2D eigenvalue weighted by Crippen LogP contribution is -2.12. The Hall–Kier alpha value is -3.58. The number of alkyl halides is 1. The molecule has 0 saturated heterocycles. The van der Waals surface area contributed by atoms with Gasteiger partial charge in [0.2, 0.25) is 5.75 Å². The van der Waals surface area contributed by atoms with Gasteiger partial charge in [-0.1, -0.05) is 24.3 Å². The van der Waals surface area contributed by atoms with Gasteiger partial charge in [-0.3, -0.25) is 4.79 Å². The van der Waals surface area contributed by atoms with E-state index in [0.717, 1.165) is 24.6 Å². The molecule has 0 bridgehead atoms. The number of anilines is 2. The summed E-state index contributed by atoms with van der Waals surface area (Å²) in [4.78, 5) is 16.0. The first-order chi connectivity index (χ1) is 17.1. The Bertz CT molecular complexity index is 1320. The highest BCUT2D eigenvalue weighted by Gasteiger charge is 2.20. The molecule has 0 radical (unpaired) electrons. The molecule has 0 fully saturated rings. The van der Waals surface area contributed by atoms with E-state index in [1.165, 1.54) is 48.3 Å². The first kappa shape index (κ1) is 26.0. The number of aromatic amines is 1. The molecule has 0 aliphatic carbocycles. The molecule has 7 nitrogen and oxygen atoms in total. The molecule has 4 aromatic rings. The lowest BCUT2D eigenvalue weighted by atomic mass is 10.0. The number of hydrogen-bond acceptors (Lipinski definition) is 6. The molecule has 3 aromatic carbocycles. The zero-order chi connectivity index (χ0) is 25.5. The molecule has 0 amide bonds. The highest BCUT2D eigenvalue weighted by molar-refractivity contribution is 6.15. The Morgan fingerprint density at radius 2 is 1.69 bits per heavy atom. The van der Waals surface area contributed by atoms with Gasteiger partial charge in [0.25, 0.3) is 0 Å². The van der Waals surface area contributed by atoms with Gasteiger partial charge in [-0.15, -0.1) is 11.6 Å². The number of nitrogens with zero attached hydrogens (tertiary/aromatic N) is 1. The van der Waals surface area contributed by atoms with E-state index >= 15 is 0 Å². The van der Waals surface area contributed by atoms with Gasteiger partial charge in [0.1, 0.15) is 0 Å². The first-order valence-corrected chi connectivity index (χ1v) is 11.9. The van der Waals surface area contributed by atoms with Crippen LogP contribution < -0.4 is 24.4 Å². The van der Waals surface area contributed by atoms with Crippen molar-refractivity contribution in [2.45, 2.75) is 6.42 Å². The number of aldehydes is 1. The number of likely N-dealkylation sites (N-methyl/N-ethyl adjacent to an activating group) is 1. The zero-order valence-electron chi connectivity index (χ0n) is 21.0. The second-order valence-corrected chi connectivity index (χ2v) is 7.84. The molecular formula is C27H32ClN3O4. The highest BCUT2D eigenvalue weighted by Crippen LogP contribution is 2.43. The quantitative estimate of drug-likeness (QED) is 0.271. The predicted octanol–water partition coefficient (Wildman–Crippen LogP) is 5.74. The topological polar surface area (TPSA) is 75.8 Å². The van der Waals surface area contributed by atoms with Crippen molar-refractivity contribution in [2.75, 3.05) is 58.6 Å². The summed E-state index contributed by atoms with van der Waals surface area (Å²) in [7, 11) is 8.79. The van der Waals surface area contributed by atoms with E-state index in [9.17, 15) is 4.79 Å². The van der Waals surface area contributed by atoms with E-state index in [1.54, 1.807) is 19.2 Å². The molecule has 186 valence electrons. The van der Waals surface area contributed by atoms with Gasteiger partial charge in [-0.2, -0.15) is 0 Å². The number of nitrogens with one attached hydrogen (secondary N) is 2. The fourth-order valence-corrected chi connectivity index (χ4v) is 4.46. The zero-order valence-corrected chi connectivity index (χ0v) is 21.7. The molecule has 0 unspecified atom stereocenters. The van der Waals surface area contributed by atoms with Crippen LogP contribution in [0.1, 0.15) is 16.1 Å². The van der Waals surface area contributed by atoms with E-state index in [-0.39, 0.29) is 0 Å². The van der Waals surface area contributed by atoms with Crippen LogP contribution in [0.2, 0.25) is 0 Å². The van der Waals surface area contributed by atoms with Crippen molar-refractivity contribution in [3.05, 3.63) is 53.7 Å². The lowest BCUT2D eigenvalue weighted by Gasteiger charge is -2.15. The Morgan fingerprint density at radius 1 is 1.00 bits per heavy atom. The molecule has 35 heavy (non-hydrogen) atoms. The van der Waals surface area contributed by atoms with Crippen LogP contribution in [0.15, 0.2) is 42.5 Å². The number of aromatic nitrogens is 1. The summed E-state index contributed by atoms with van der Waals surface area (Å²) in [5, 5.41) is 6.86. The van der Waals surface area contributed by atoms with E-state index < -0.39 is 0 Å². The number of hydrogen-bond donors (Lipinski definition) is 2. The number of benzene rings is 3. The van der Waals surface area contributed by atoms with Gasteiger partial charge >= 0.3 is 0 Å². The summed E-state index contributed by atoms with van der Waals surface area (Å²) < 4.78 is 15.8. The van der Waals surface area contributed by atoms with Gasteiger partial charge in [-0.05, 0) is 35.6 Å². The van der Waals surface area contributed by atoms with E-state index in [0.29, 0.717) is 28.5 Å². The number of rotatable bonds is 5. The largest absolute Gasteiger partial charge is 0.493 e. The third-order valence-corrected chi connectivity index (χ3v) is 6.08. The molecule has 8 heteroatoms. The van der Waals surface area contributed by atoms with Crippen molar-refractivity contribution in [1.82, 2.24) is 4.98 Å². The van der Waals surface area contributed by atoms with Crippen LogP contribution in [0.5, 0.6) is 17.2 Å². The molecule has 0 spiro atoms. The number of halogens is 1. The molecular weight excluding hydrogens is 466 g/mol. The van der Waals surface area contributed by atoms with Crippen molar-refractivity contribution in [2.24, 2.45) is 0 Å². The minimum Gasteiger partial charge on any atom is -0.493 e. The molecule has 1 aliphatic heterocycles. The molecule has 1 aliphatic rings. The summed E-state index contributed by atoms with van der Waals surface area (Å²) >= 11 is 4.64. The van der Waals surface area contributed by atoms with Crippen molar-refractivity contribution >= 4 is 50.9 Å². The standard InChI is InChI=1S/C14H16N2.C12H13NO4.CH3Cl/c1-15-13-9-14-12(7-8-16(14)2)10-5-3-4-6-11(10)13;1-15-9-5-7-4-8(6-14)13-10(7)12(17-3)11(9)16-2;1-2/h3-6,9,15H,7-8H2,1-2H3;4-6,13H,1-3H3;1H3. The summed E-state index contributed by atoms with van der Waals surface area (Å²) in [5.41, 5.74) is 5.30. The third-order valence-electron chi connectivity index (χ3n) is 6.08. The second kappa shape index (κ2) is 11.7. The van der Waals surface area contributed by atoms with Gasteiger partial charge in [0.15, 0.2) is 17.8 Å². The first-order valence-electron chi connectivity index (χ1n) is 11.1. The van der Waals surface area contributed by atoms with Crippen LogP contribution in [0.4, 0.5) is 11.4 Å². The number of H-pyrrole nitrogens is 1. The minimum atomic E-state index is 0.480. The Kier molecular flexibility index (Phi) is 8.71. The molecule has 0 saturated carbocycles. The smallest absolute Gasteiger partial charge is 0.205 e. The average Bonchev–Trinajstić information content (AvgIpc) is 3.51. The summed E-state index contributed by atoms with van der Waals surface area (Å²) in [5.74, 6) is 1.59. The molecule has 2 heterocycles. The summed E-state index contributed by atoms with van der Waals surface area (Å²) in [6, 6.07) is 14.4. The van der Waals surface area contributed by atoms with Crippen molar-refractivity contribution < 1.29 is 19.0 Å². The fraction of sp³-hybridized carbons (Fsp3) is 0.296. The van der Waals surface area contributed by atoms with Crippen molar-refractivity contribution in [3.63, 3.8) is 0 Å². The summed E-state index contributed by atoms with van der Waals surface area (Å²) in [6.07, 6.45) is 3.38. The van der Waals surface area contributed by atoms with E-state index in [1.807, 2.05) is 7.05 Å². The monoisotopic (exact) mass is 497 g/mol. The van der Waals surface area contributed by atoms with E-state index in [2.05, 4.69) is 64.2 Å². The molecule has 5 rings (SSSR count). The van der Waals surface area contributed by atoms with E-state index in [4.69, 9.17) is 14.2 Å². The van der Waals surface area contributed by atoms with Crippen LogP contribution >= 0.6 is 11.6 Å². The highest BCUT2D eigenvalue weighted by atomic mass is 35.5. The second-order valence-electron chi connectivity index (χ2n) is 7.84. The lowest BCUT2D eigenvalue weighted by molar-refractivity contribution is 0.111. The molecule has 2 N–H and O–H groups in total. The normalized spacial score (nSPS) is 11.7. The third kappa shape index (κ3) is 4.95. The average molecular weight is 498 g/mol. The van der Waals surface area contributed by atoms with Gasteiger partial charge in [0, 0.05) is 49.2 Å². The number of fused-ring (bicyclic) bond motifs is 4. The maximum atomic E-state index is 10.8. The van der Waals surface area contributed by atoms with Gasteiger partial charge in [0.05, 0.1) is 32.5 Å². The summed E-state index contributed by atoms with van der Waals surface area (Å²) in [6.45, 7) is 1.13. The maximum absolute atomic E-state index is 10.8. The van der Waals surface area contributed by atoms with Crippen LogP contribution in [-0.4, -0.2) is 59.6 Å². The Morgan fingerprint density at radius 3 is 2.29 bits per heavy atom. The van der Waals surface area contributed by atoms with Gasteiger partial charge in [-0.25, -0.2) is 0 Å². The number of ether oxygens (including phenoxy) is 3. The molecule has 1 aromatic heterocycles. The maximum Gasteiger partial charge on any atom is 0.205 e.